The van der Waals surface area contributed by atoms with Crippen LogP contribution in [0.25, 0.3) is 12.2 Å². The van der Waals surface area contributed by atoms with Crippen LogP contribution in [0, 0.1) is 0 Å². The van der Waals surface area contributed by atoms with Gasteiger partial charge in [0.1, 0.15) is 0 Å². The zero-order chi connectivity index (χ0) is 13.5. The van der Waals surface area contributed by atoms with Gasteiger partial charge in [0.25, 0.3) is 0 Å². The Morgan fingerprint density at radius 2 is 1.04 bits per heavy atom. The third-order valence-corrected chi connectivity index (χ3v) is 6.22. The fraction of sp³-hybridized carbons (Fsp3) is 0.158. The third kappa shape index (κ3) is 3.69. The van der Waals surface area contributed by atoms with E-state index in [9.17, 15) is 0 Å². The molecule has 0 saturated carbocycles. The minimum atomic E-state index is 0. The van der Waals surface area contributed by atoms with E-state index in [1.54, 1.807) is 24.7 Å². The van der Waals surface area contributed by atoms with Gasteiger partial charge in [0.15, 0.2) is 0 Å². The first-order valence-electron chi connectivity index (χ1n) is 7.10. The van der Waals surface area contributed by atoms with Crippen LogP contribution in [0.1, 0.15) is 34.1 Å². The molecule has 2 aromatic rings. The number of hydrogen-bond donors (Lipinski definition) is 0. The van der Waals surface area contributed by atoms with Crippen molar-refractivity contribution in [2.45, 2.75) is 15.5 Å². The van der Waals surface area contributed by atoms with Crippen LogP contribution in [-0.4, -0.2) is 0 Å². The number of fused-ring (bicyclic) bond motifs is 2. The predicted molar refractivity (Wildman–Crippen MR) is 80.2 cm³/mol. The van der Waals surface area contributed by atoms with Gasteiger partial charge in [-0.2, -0.15) is 0 Å². The second-order valence-electron chi connectivity index (χ2n) is 5.55. The van der Waals surface area contributed by atoms with Gasteiger partial charge in [0.2, 0.25) is 0 Å². The van der Waals surface area contributed by atoms with Crippen molar-refractivity contribution in [3.8, 4) is 0 Å². The van der Waals surface area contributed by atoms with Crippen molar-refractivity contribution in [3.63, 3.8) is 0 Å². The summed E-state index contributed by atoms with van der Waals surface area (Å²) in [5, 5.41) is 0. The molecule has 0 amide bonds. The molecule has 2 aliphatic rings. The van der Waals surface area contributed by atoms with Gasteiger partial charge in [0, 0.05) is 0 Å². The van der Waals surface area contributed by atoms with Crippen LogP contribution in [0.4, 0.5) is 0 Å². The van der Waals surface area contributed by atoms with Gasteiger partial charge in [-0.05, 0) is 0 Å². The number of halogens is 3. The first-order valence-corrected chi connectivity index (χ1v) is 8.52. The average molecular weight is 441 g/mol. The topological polar surface area (TPSA) is 0 Å². The predicted octanol–water partition coefficient (Wildman–Crippen LogP) is -4.05. The summed E-state index contributed by atoms with van der Waals surface area (Å²) in [4.78, 5) is 0. The Labute approximate surface area is 171 Å². The molecule has 2 aliphatic carbocycles. The van der Waals surface area contributed by atoms with E-state index in [0.29, 0.717) is 15.5 Å². The number of allylic oxidation sites excluding steroid dienone is 2. The number of rotatable bonds is 2. The van der Waals surface area contributed by atoms with Crippen molar-refractivity contribution < 1.29 is 61.9 Å². The molecule has 2 unspecified atom stereocenters. The standard InChI is InChI=1S/C19H15.3ClH.Zr/c1-3-7-18-14(5-1)9-11-16(18)13-17-12-10-15-6-2-4-8-19(15)17;;;;/h1-13,16-17H;3*1H;/q;;;;+3/p-3. The van der Waals surface area contributed by atoms with Crippen LogP contribution < -0.4 is 37.2 Å². The van der Waals surface area contributed by atoms with Gasteiger partial charge in [-0.15, -0.1) is 0 Å². The van der Waals surface area contributed by atoms with E-state index in [2.05, 4.69) is 72.8 Å². The van der Waals surface area contributed by atoms with Crippen LogP contribution >= 0.6 is 0 Å². The molecule has 4 rings (SSSR count). The Bertz CT molecular complexity index is 663. The Morgan fingerprint density at radius 3 is 1.48 bits per heavy atom. The zero-order valence-electron chi connectivity index (χ0n) is 12.3. The molecule has 2 atom stereocenters. The summed E-state index contributed by atoms with van der Waals surface area (Å²) >= 11 is 1.62. The quantitative estimate of drug-likeness (QED) is 0.446. The monoisotopic (exact) mass is 438 g/mol. The summed E-state index contributed by atoms with van der Waals surface area (Å²) in [7, 11) is 0. The van der Waals surface area contributed by atoms with Crippen molar-refractivity contribution in [2.75, 3.05) is 0 Å². The average Bonchev–Trinajstić information content (AvgIpc) is 3.11. The van der Waals surface area contributed by atoms with Crippen molar-refractivity contribution in [2.24, 2.45) is 0 Å². The summed E-state index contributed by atoms with van der Waals surface area (Å²) in [5.74, 6) is 1.15. The molecule has 0 radical (unpaired) electrons. The van der Waals surface area contributed by atoms with Gasteiger partial charge in [-0.1, -0.05) is 0 Å². The normalized spacial score (nSPS) is 20.6. The molecular formula is C19H15Cl3Zr. The van der Waals surface area contributed by atoms with Gasteiger partial charge in [0.05, 0.1) is 0 Å². The molecule has 0 aromatic heterocycles. The minimum absolute atomic E-state index is 0. The SMILES string of the molecule is [Cl-].[Cl-].[Cl-].[Zr+3][CH](C1C=Cc2ccccc21)C1C=Cc2ccccc21. The van der Waals surface area contributed by atoms with Crippen molar-refractivity contribution in [3.05, 3.63) is 82.9 Å². The van der Waals surface area contributed by atoms with E-state index >= 15 is 0 Å². The van der Waals surface area contributed by atoms with Crippen LogP contribution in [0.5, 0.6) is 0 Å². The fourth-order valence-corrected chi connectivity index (χ4v) is 4.83. The van der Waals surface area contributed by atoms with Crippen molar-refractivity contribution in [1.29, 1.82) is 0 Å². The fourth-order valence-electron chi connectivity index (χ4n) is 3.40. The van der Waals surface area contributed by atoms with E-state index in [0.717, 1.165) is 0 Å². The van der Waals surface area contributed by atoms with Crippen LogP contribution in [0.15, 0.2) is 60.7 Å². The van der Waals surface area contributed by atoms with Gasteiger partial charge in [-0.25, -0.2) is 0 Å². The Balaban J connectivity index is 0.000000882. The first-order chi connectivity index (χ1) is 9.84. The molecule has 0 bridgehead atoms. The molecule has 2 aromatic carbocycles. The molecule has 0 nitrogen and oxygen atoms in total. The van der Waals surface area contributed by atoms with Crippen molar-refractivity contribution >= 4 is 12.2 Å². The van der Waals surface area contributed by atoms with Gasteiger partial charge < -0.3 is 37.2 Å². The molecule has 4 heteroatoms. The molecule has 0 heterocycles. The molecular weight excluding hydrogens is 426 g/mol. The van der Waals surface area contributed by atoms with Gasteiger partial charge >= 0.3 is 135 Å². The first kappa shape index (κ1) is 20.7. The second-order valence-corrected chi connectivity index (χ2v) is 7.19. The molecule has 23 heavy (non-hydrogen) atoms. The third-order valence-electron chi connectivity index (χ3n) is 4.45. The molecule has 116 valence electrons. The maximum atomic E-state index is 2.40. The van der Waals surface area contributed by atoms with E-state index in [1.165, 1.54) is 22.3 Å². The zero-order valence-corrected chi connectivity index (χ0v) is 17.0. The Hall–Kier alpha value is -0.327. The number of benzene rings is 2. The van der Waals surface area contributed by atoms with Gasteiger partial charge in [-0.3, -0.25) is 0 Å². The van der Waals surface area contributed by atoms with Crippen molar-refractivity contribution in [1.82, 2.24) is 0 Å². The van der Waals surface area contributed by atoms with E-state index < -0.39 is 0 Å². The van der Waals surface area contributed by atoms with E-state index in [-0.39, 0.29) is 37.2 Å². The van der Waals surface area contributed by atoms with Crippen LogP contribution in [0.3, 0.4) is 0 Å². The Kier molecular flexibility index (Phi) is 7.82. The summed E-state index contributed by atoms with van der Waals surface area (Å²) in [5.41, 5.74) is 5.82. The van der Waals surface area contributed by atoms with E-state index in [4.69, 9.17) is 0 Å². The number of hydrogen-bond acceptors (Lipinski definition) is 0. The molecule has 0 spiro atoms. The summed E-state index contributed by atoms with van der Waals surface area (Å²) < 4.78 is 0.682. The van der Waals surface area contributed by atoms with E-state index in [1.807, 2.05) is 0 Å². The Morgan fingerprint density at radius 1 is 0.652 bits per heavy atom. The summed E-state index contributed by atoms with van der Waals surface area (Å²) in [6.45, 7) is 0. The molecule has 0 N–H and O–H groups in total. The van der Waals surface area contributed by atoms with Crippen LogP contribution in [-0.2, 0) is 24.7 Å². The second kappa shape index (κ2) is 8.68. The summed E-state index contributed by atoms with van der Waals surface area (Å²) in [6, 6.07) is 17.6. The molecule has 0 saturated heterocycles. The molecule has 0 fully saturated rings. The maximum absolute atomic E-state index is 2.40. The van der Waals surface area contributed by atoms with Crippen LogP contribution in [0.2, 0.25) is 3.63 Å². The molecule has 0 aliphatic heterocycles. The summed E-state index contributed by atoms with van der Waals surface area (Å²) in [6.07, 6.45) is 9.39.